The molecule has 0 atom stereocenters. The number of fused-ring (bicyclic) bond motifs is 6. The fourth-order valence-corrected chi connectivity index (χ4v) is 4.41. The highest BCUT2D eigenvalue weighted by atomic mass is 16.5. The van der Waals surface area contributed by atoms with Gasteiger partial charge in [0.1, 0.15) is 11.5 Å². The highest BCUT2D eigenvalue weighted by Crippen LogP contribution is 2.30. The van der Waals surface area contributed by atoms with Crippen molar-refractivity contribution in [2.75, 3.05) is 20.8 Å². The first-order valence-corrected chi connectivity index (χ1v) is 10.7. The molecule has 0 amide bonds. The van der Waals surface area contributed by atoms with Crippen molar-refractivity contribution in [3.63, 3.8) is 0 Å². The number of rotatable bonds is 2. The monoisotopic (exact) mass is 426 g/mol. The molecule has 6 nitrogen and oxygen atoms in total. The summed E-state index contributed by atoms with van der Waals surface area (Å²) >= 11 is 0. The molecule has 3 aromatic heterocycles. The van der Waals surface area contributed by atoms with Crippen LogP contribution in [0.25, 0.3) is 32.7 Å². The van der Waals surface area contributed by atoms with E-state index >= 15 is 0 Å². The van der Waals surface area contributed by atoms with Gasteiger partial charge in [0.25, 0.3) is 0 Å². The Labute approximate surface area is 186 Å². The molecule has 0 aliphatic carbocycles. The molecule has 32 heavy (non-hydrogen) atoms. The van der Waals surface area contributed by atoms with E-state index in [1.54, 1.807) is 14.2 Å². The van der Waals surface area contributed by atoms with E-state index in [9.17, 15) is 0 Å². The molecule has 0 unspecified atom stereocenters. The van der Waals surface area contributed by atoms with Gasteiger partial charge in [-0.05, 0) is 62.2 Å². The Morgan fingerprint density at radius 1 is 0.812 bits per heavy atom. The number of benzene rings is 2. The van der Waals surface area contributed by atoms with Crippen LogP contribution in [0.15, 0.2) is 53.7 Å². The molecule has 0 bridgehead atoms. The van der Waals surface area contributed by atoms with Crippen molar-refractivity contribution in [1.82, 2.24) is 15.0 Å². The highest BCUT2D eigenvalue weighted by Gasteiger charge is 2.16. The lowest BCUT2D eigenvalue weighted by atomic mass is 10.0. The first-order valence-electron chi connectivity index (χ1n) is 10.7. The van der Waals surface area contributed by atoms with Crippen LogP contribution in [0.5, 0.6) is 11.5 Å². The number of hydrogen-bond donors (Lipinski definition) is 2. The van der Waals surface area contributed by atoms with Crippen LogP contribution in [-0.4, -0.2) is 41.4 Å². The Hall–Kier alpha value is -3.80. The Morgan fingerprint density at radius 3 is 2.41 bits per heavy atom. The Morgan fingerprint density at radius 2 is 1.59 bits per heavy atom. The summed E-state index contributed by atoms with van der Waals surface area (Å²) in [5, 5.41) is 3.69. The third kappa shape index (κ3) is 3.38. The molecule has 1 aliphatic rings. The SMILES string of the molecule is COc1ccc2[nH]c3c(c2c1)CCN=C3C.COc1ccc2c(c1)[nH]c1c(C)nccc12. The second-order valence-corrected chi connectivity index (χ2v) is 7.96. The second kappa shape index (κ2) is 8.04. The summed E-state index contributed by atoms with van der Waals surface area (Å²) in [6.45, 7) is 4.96. The standard InChI is InChI=1S/C13H14N2O.C13H12N2O/c1-8-13-10(5-6-14-8)11-7-9(16-2)3-4-12(11)15-13;1-8-13-11(5-6-14-8)10-4-3-9(16-2)7-12(10)15-13/h3-4,7,15H,5-6H2,1-2H3;3-7,15H,1-2H3. The van der Waals surface area contributed by atoms with Gasteiger partial charge in [-0.25, -0.2) is 0 Å². The van der Waals surface area contributed by atoms with E-state index in [-0.39, 0.29) is 0 Å². The summed E-state index contributed by atoms with van der Waals surface area (Å²) in [4.78, 5) is 15.6. The number of hydrogen-bond acceptors (Lipinski definition) is 4. The van der Waals surface area contributed by atoms with Crippen LogP contribution >= 0.6 is 0 Å². The van der Waals surface area contributed by atoms with Crippen LogP contribution < -0.4 is 9.47 Å². The maximum Gasteiger partial charge on any atom is 0.120 e. The molecule has 1 aliphatic heterocycles. The quantitative estimate of drug-likeness (QED) is 0.387. The van der Waals surface area contributed by atoms with Crippen molar-refractivity contribution in [1.29, 1.82) is 0 Å². The predicted octanol–water partition coefficient (Wildman–Crippen LogP) is 5.57. The van der Waals surface area contributed by atoms with E-state index in [1.807, 2.05) is 37.4 Å². The van der Waals surface area contributed by atoms with Gasteiger partial charge in [-0.2, -0.15) is 0 Å². The fourth-order valence-electron chi connectivity index (χ4n) is 4.41. The average Bonchev–Trinajstić information content (AvgIpc) is 3.39. The van der Waals surface area contributed by atoms with E-state index in [0.717, 1.165) is 46.9 Å². The summed E-state index contributed by atoms with van der Waals surface area (Å²) in [6.07, 6.45) is 2.86. The van der Waals surface area contributed by atoms with Gasteiger partial charge in [-0.3, -0.25) is 9.98 Å². The average molecular weight is 427 g/mol. The lowest BCUT2D eigenvalue weighted by Gasteiger charge is -2.09. The second-order valence-electron chi connectivity index (χ2n) is 7.96. The van der Waals surface area contributed by atoms with Crippen molar-refractivity contribution in [3.8, 4) is 11.5 Å². The molecule has 162 valence electrons. The van der Waals surface area contributed by atoms with Gasteiger partial charge in [0.2, 0.25) is 0 Å². The van der Waals surface area contributed by atoms with E-state index in [0.29, 0.717) is 0 Å². The van der Waals surface area contributed by atoms with Crippen molar-refractivity contribution in [2.45, 2.75) is 20.3 Å². The maximum absolute atomic E-state index is 5.27. The van der Waals surface area contributed by atoms with Crippen molar-refractivity contribution >= 4 is 38.4 Å². The normalized spacial score (nSPS) is 12.9. The fraction of sp³-hybridized carbons (Fsp3) is 0.231. The molecule has 4 heterocycles. The van der Waals surface area contributed by atoms with Crippen LogP contribution in [0.2, 0.25) is 0 Å². The number of aromatic nitrogens is 3. The van der Waals surface area contributed by atoms with Gasteiger partial charge in [0.05, 0.1) is 42.4 Å². The van der Waals surface area contributed by atoms with Crippen LogP contribution in [0.4, 0.5) is 0 Å². The topological polar surface area (TPSA) is 75.3 Å². The molecule has 0 spiro atoms. The van der Waals surface area contributed by atoms with Crippen molar-refractivity contribution in [3.05, 3.63) is 65.6 Å². The molecular weight excluding hydrogens is 400 g/mol. The van der Waals surface area contributed by atoms with E-state index in [4.69, 9.17) is 9.47 Å². The molecular formula is C26H26N4O2. The minimum atomic E-state index is 0.865. The molecule has 0 saturated carbocycles. The molecule has 2 aromatic carbocycles. The third-order valence-electron chi connectivity index (χ3n) is 6.10. The summed E-state index contributed by atoms with van der Waals surface area (Å²) in [7, 11) is 3.38. The number of pyridine rings is 1. The van der Waals surface area contributed by atoms with Crippen LogP contribution in [0.1, 0.15) is 23.9 Å². The Kier molecular flexibility index (Phi) is 5.05. The summed E-state index contributed by atoms with van der Waals surface area (Å²) < 4.78 is 10.5. The zero-order chi connectivity index (χ0) is 22.2. The van der Waals surface area contributed by atoms with Gasteiger partial charge in [0.15, 0.2) is 0 Å². The third-order valence-corrected chi connectivity index (χ3v) is 6.10. The number of aromatic amines is 2. The van der Waals surface area contributed by atoms with Crippen LogP contribution in [-0.2, 0) is 6.42 Å². The number of nitrogens with zero attached hydrogens (tertiary/aromatic N) is 2. The number of ether oxygens (including phenoxy) is 2. The van der Waals surface area contributed by atoms with E-state index in [1.165, 1.54) is 32.9 Å². The molecule has 0 saturated heterocycles. The van der Waals surface area contributed by atoms with E-state index in [2.05, 4.69) is 45.1 Å². The van der Waals surface area contributed by atoms with Gasteiger partial charge in [-0.1, -0.05) is 0 Å². The van der Waals surface area contributed by atoms with Crippen LogP contribution in [0.3, 0.4) is 0 Å². The number of aliphatic imine (C=N–C) groups is 1. The van der Waals surface area contributed by atoms with E-state index < -0.39 is 0 Å². The summed E-state index contributed by atoms with van der Waals surface area (Å²) in [5.41, 5.74) is 8.05. The molecule has 2 N–H and O–H groups in total. The molecule has 0 fully saturated rings. The first kappa shape index (κ1) is 20.1. The summed E-state index contributed by atoms with van der Waals surface area (Å²) in [6, 6.07) is 14.3. The minimum Gasteiger partial charge on any atom is -0.497 e. The number of nitrogens with one attached hydrogen (secondary N) is 2. The largest absolute Gasteiger partial charge is 0.497 e. The maximum atomic E-state index is 5.27. The van der Waals surface area contributed by atoms with Gasteiger partial charge < -0.3 is 19.4 Å². The molecule has 0 radical (unpaired) electrons. The van der Waals surface area contributed by atoms with Gasteiger partial charge in [0, 0.05) is 40.5 Å². The minimum absolute atomic E-state index is 0.865. The smallest absolute Gasteiger partial charge is 0.120 e. The Bertz CT molecular complexity index is 1480. The lowest BCUT2D eigenvalue weighted by Crippen LogP contribution is -2.08. The molecule has 6 heteroatoms. The highest BCUT2D eigenvalue weighted by molar-refractivity contribution is 6.08. The predicted molar refractivity (Wildman–Crippen MR) is 131 cm³/mol. The van der Waals surface area contributed by atoms with Gasteiger partial charge >= 0.3 is 0 Å². The van der Waals surface area contributed by atoms with Crippen molar-refractivity contribution in [2.24, 2.45) is 4.99 Å². The number of H-pyrrole nitrogens is 2. The molecule has 6 rings (SSSR count). The van der Waals surface area contributed by atoms with Crippen LogP contribution in [0, 0.1) is 6.92 Å². The first-order chi connectivity index (χ1) is 15.6. The lowest BCUT2D eigenvalue weighted by molar-refractivity contribution is 0.415. The number of aryl methyl sites for hydroxylation is 1. The van der Waals surface area contributed by atoms with Gasteiger partial charge in [-0.15, -0.1) is 0 Å². The summed E-state index contributed by atoms with van der Waals surface area (Å²) in [5.74, 6) is 1.78. The number of methoxy groups -OCH3 is 2. The Balaban J connectivity index is 0.000000135. The van der Waals surface area contributed by atoms with Crippen molar-refractivity contribution < 1.29 is 9.47 Å². The molecule has 5 aromatic rings. The zero-order valence-corrected chi connectivity index (χ0v) is 18.7. The zero-order valence-electron chi connectivity index (χ0n) is 18.7.